The Labute approximate surface area is 130 Å². The van der Waals surface area contributed by atoms with Crippen LogP contribution in [0.25, 0.3) is 0 Å². The Kier molecular flexibility index (Phi) is 4.21. The van der Waals surface area contributed by atoms with Gasteiger partial charge in [-0.3, -0.25) is 4.79 Å². The van der Waals surface area contributed by atoms with Crippen molar-refractivity contribution in [3.05, 3.63) is 58.7 Å². The lowest BCUT2D eigenvalue weighted by Crippen LogP contribution is -2.10. The summed E-state index contributed by atoms with van der Waals surface area (Å²) in [4.78, 5) is 12.1. The van der Waals surface area contributed by atoms with E-state index in [-0.39, 0.29) is 0 Å². The molecule has 0 heterocycles. The molecule has 24 heavy (non-hydrogen) atoms. The predicted molar refractivity (Wildman–Crippen MR) is 69.7 cm³/mol. The van der Waals surface area contributed by atoms with Crippen molar-refractivity contribution in [2.45, 2.75) is 12.4 Å². The summed E-state index contributed by atoms with van der Waals surface area (Å²) < 4.78 is 76.3. The first kappa shape index (κ1) is 17.6. The van der Waals surface area contributed by atoms with E-state index in [1.807, 2.05) is 0 Å². The molecule has 0 unspecified atom stereocenters. The van der Waals surface area contributed by atoms with Crippen molar-refractivity contribution in [3.63, 3.8) is 0 Å². The van der Waals surface area contributed by atoms with Crippen molar-refractivity contribution in [3.8, 4) is 11.5 Å². The first-order valence-corrected chi connectivity index (χ1v) is 6.26. The zero-order valence-electron chi connectivity index (χ0n) is 11.5. The smallest absolute Gasteiger partial charge is 0.419 e. The van der Waals surface area contributed by atoms with Gasteiger partial charge in [-0.25, -0.2) is 0 Å². The van der Waals surface area contributed by atoms with E-state index in [1.54, 1.807) is 0 Å². The van der Waals surface area contributed by atoms with Crippen molar-refractivity contribution < 1.29 is 41.4 Å². The minimum Gasteiger partial charge on any atom is -0.507 e. The molecule has 3 nitrogen and oxygen atoms in total. The van der Waals surface area contributed by atoms with E-state index in [0.29, 0.717) is 24.3 Å². The number of halogens is 6. The average Bonchev–Trinajstić information content (AvgIpc) is 2.45. The number of phenolic OH excluding ortho intramolecular Hbond substituents is 2. The SMILES string of the molecule is O=C(c1ccc(O)c(C(F)(F)F)c1)c1ccc(O)c(C(F)(F)F)c1. The van der Waals surface area contributed by atoms with Crippen LogP contribution in [0.3, 0.4) is 0 Å². The van der Waals surface area contributed by atoms with Gasteiger partial charge in [0, 0.05) is 11.1 Å². The fourth-order valence-corrected chi connectivity index (χ4v) is 1.98. The van der Waals surface area contributed by atoms with Crippen molar-refractivity contribution in [1.82, 2.24) is 0 Å². The molecular weight excluding hydrogens is 342 g/mol. The largest absolute Gasteiger partial charge is 0.507 e. The summed E-state index contributed by atoms with van der Waals surface area (Å²) >= 11 is 0. The molecule has 2 aromatic carbocycles. The molecule has 0 atom stereocenters. The standard InChI is InChI=1S/C15H8F6O3/c16-14(17,18)9-5-7(1-3-11(9)22)13(24)8-2-4-12(23)10(6-8)15(19,20)21/h1-6,22-23H. The molecular formula is C15H8F6O3. The number of rotatable bonds is 2. The molecule has 0 spiro atoms. The highest BCUT2D eigenvalue weighted by Crippen LogP contribution is 2.38. The second kappa shape index (κ2) is 5.73. The molecule has 128 valence electrons. The predicted octanol–water partition coefficient (Wildman–Crippen LogP) is 4.37. The topological polar surface area (TPSA) is 57.5 Å². The molecule has 2 rings (SSSR count). The zero-order chi connectivity index (χ0) is 18.3. The summed E-state index contributed by atoms with van der Waals surface area (Å²) in [6.07, 6.45) is -9.88. The van der Waals surface area contributed by atoms with Crippen LogP contribution in [0.2, 0.25) is 0 Å². The van der Waals surface area contributed by atoms with Crippen LogP contribution >= 0.6 is 0 Å². The van der Waals surface area contributed by atoms with Gasteiger partial charge in [-0.15, -0.1) is 0 Å². The van der Waals surface area contributed by atoms with Crippen molar-refractivity contribution in [2.75, 3.05) is 0 Å². The molecule has 0 bridgehead atoms. The number of aromatic hydroxyl groups is 2. The summed E-state index contributed by atoms with van der Waals surface area (Å²) in [7, 11) is 0. The summed E-state index contributed by atoms with van der Waals surface area (Å²) in [5.41, 5.74) is -4.08. The molecule has 2 N–H and O–H groups in total. The van der Waals surface area contributed by atoms with E-state index in [2.05, 4.69) is 0 Å². The third kappa shape index (κ3) is 3.44. The Hall–Kier alpha value is -2.71. The Balaban J connectivity index is 2.51. The Morgan fingerprint density at radius 1 is 0.708 bits per heavy atom. The molecule has 0 saturated heterocycles. The van der Waals surface area contributed by atoms with E-state index in [9.17, 15) is 41.4 Å². The lowest BCUT2D eigenvalue weighted by Gasteiger charge is -2.12. The van der Waals surface area contributed by atoms with Gasteiger partial charge in [0.2, 0.25) is 0 Å². The summed E-state index contributed by atoms with van der Waals surface area (Å²) in [5, 5.41) is 18.4. The minimum absolute atomic E-state index is 0.345. The first-order valence-electron chi connectivity index (χ1n) is 6.26. The lowest BCUT2D eigenvalue weighted by molar-refractivity contribution is -0.139. The Bertz CT molecular complexity index is 727. The van der Waals surface area contributed by atoms with Crippen molar-refractivity contribution >= 4 is 5.78 Å². The molecule has 9 heteroatoms. The second-order valence-corrected chi connectivity index (χ2v) is 4.79. The fourth-order valence-electron chi connectivity index (χ4n) is 1.98. The van der Waals surface area contributed by atoms with Gasteiger partial charge >= 0.3 is 12.4 Å². The third-order valence-corrected chi connectivity index (χ3v) is 3.13. The lowest BCUT2D eigenvalue weighted by atomic mass is 9.98. The van der Waals surface area contributed by atoms with Crippen molar-refractivity contribution in [2.24, 2.45) is 0 Å². The quantitative estimate of drug-likeness (QED) is 0.625. The maximum Gasteiger partial charge on any atom is 0.419 e. The molecule has 0 aliphatic carbocycles. The van der Waals surface area contributed by atoms with Gasteiger partial charge < -0.3 is 10.2 Å². The maximum absolute atomic E-state index is 12.7. The number of hydrogen-bond acceptors (Lipinski definition) is 3. The summed E-state index contributed by atoms with van der Waals surface area (Å²) in [5.74, 6) is -3.34. The van der Waals surface area contributed by atoms with Gasteiger partial charge in [-0.1, -0.05) is 0 Å². The van der Waals surface area contributed by atoms with Crippen LogP contribution in [-0.2, 0) is 12.4 Å². The van der Waals surface area contributed by atoms with Crippen LogP contribution < -0.4 is 0 Å². The van der Waals surface area contributed by atoms with Gasteiger partial charge in [0.05, 0.1) is 11.1 Å². The van der Waals surface area contributed by atoms with E-state index < -0.39 is 51.9 Å². The molecule has 0 fully saturated rings. The highest BCUT2D eigenvalue weighted by molar-refractivity contribution is 6.09. The zero-order valence-corrected chi connectivity index (χ0v) is 11.5. The van der Waals surface area contributed by atoms with Crippen LogP contribution in [-0.4, -0.2) is 16.0 Å². The second-order valence-electron chi connectivity index (χ2n) is 4.79. The molecule has 0 aliphatic rings. The Morgan fingerprint density at radius 2 is 1.04 bits per heavy atom. The number of benzene rings is 2. The molecule has 0 radical (unpaired) electrons. The Morgan fingerprint density at radius 3 is 1.33 bits per heavy atom. The molecule has 0 aliphatic heterocycles. The molecule has 2 aromatic rings. The molecule has 0 saturated carbocycles. The highest BCUT2D eigenvalue weighted by Gasteiger charge is 2.36. The maximum atomic E-state index is 12.7. The monoisotopic (exact) mass is 350 g/mol. The highest BCUT2D eigenvalue weighted by atomic mass is 19.4. The van der Waals surface area contributed by atoms with Gasteiger partial charge in [0.15, 0.2) is 5.78 Å². The van der Waals surface area contributed by atoms with E-state index in [1.165, 1.54) is 0 Å². The van der Waals surface area contributed by atoms with Crippen LogP contribution in [0, 0.1) is 0 Å². The van der Waals surface area contributed by atoms with Gasteiger partial charge in [-0.2, -0.15) is 26.3 Å². The van der Waals surface area contributed by atoms with E-state index >= 15 is 0 Å². The van der Waals surface area contributed by atoms with Gasteiger partial charge in [0.1, 0.15) is 11.5 Å². The summed E-state index contributed by atoms with van der Waals surface area (Å²) in [6.45, 7) is 0. The number of carbonyl (C=O) groups excluding carboxylic acids is 1. The molecule has 0 aromatic heterocycles. The first-order chi connectivity index (χ1) is 10.9. The van der Waals surface area contributed by atoms with Crippen LogP contribution in [0.5, 0.6) is 11.5 Å². The summed E-state index contributed by atoms with van der Waals surface area (Å²) in [6, 6.07) is 3.65. The average molecular weight is 350 g/mol. The van der Waals surface area contributed by atoms with Crippen molar-refractivity contribution in [1.29, 1.82) is 0 Å². The van der Waals surface area contributed by atoms with Crippen LogP contribution in [0.15, 0.2) is 36.4 Å². The minimum atomic E-state index is -4.94. The number of ketones is 1. The number of alkyl halides is 6. The number of carbonyl (C=O) groups is 1. The number of hydrogen-bond donors (Lipinski definition) is 2. The van der Waals surface area contributed by atoms with E-state index in [0.717, 1.165) is 12.1 Å². The number of phenols is 2. The van der Waals surface area contributed by atoms with Gasteiger partial charge in [0.25, 0.3) is 0 Å². The van der Waals surface area contributed by atoms with E-state index in [4.69, 9.17) is 0 Å². The fraction of sp³-hybridized carbons (Fsp3) is 0.133. The van der Waals surface area contributed by atoms with Crippen LogP contribution in [0.4, 0.5) is 26.3 Å². The van der Waals surface area contributed by atoms with Gasteiger partial charge in [-0.05, 0) is 36.4 Å². The molecule has 0 amide bonds. The van der Waals surface area contributed by atoms with Crippen LogP contribution in [0.1, 0.15) is 27.0 Å². The third-order valence-electron chi connectivity index (χ3n) is 3.13. The normalized spacial score (nSPS) is 12.2.